The number of nitrogens with zero attached hydrogens (tertiary/aromatic N) is 4. The van der Waals surface area contributed by atoms with Crippen LogP contribution in [0.1, 0.15) is 36.8 Å². The molecule has 14 heteroatoms. The molecular weight excluding hydrogens is 372 g/mol. The van der Waals surface area contributed by atoms with E-state index >= 15 is 0 Å². The smallest absolute Gasteiger partial charge is 0.418 e. The van der Waals surface area contributed by atoms with Gasteiger partial charge in [0.1, 0.15) is 12.1 Å². The van der Waals surface area contributed by atoms with Crippen molar-refractivity contribution in [1.82, 2.24) is 25.5 Å². The Morgan fingerprint density at radius 3 is 2.88 bits per heavy atom. The maximum Gasteiger partial charge on any atom is 0.418 e. The zero-order chi connectivity index (χ0) is 19.1. The van der Waals surface area contributed by atoms with Crippen molar-refractivity contribution in [2.75, 3.05) is 13.1 Å². The normalized spacial score (nSPS) is 24.0. The van der Waals surface area contributed by atoms with Crippen LogP contribution in [0.5, 0.6) is 0 Å². The third kappa shape index (κ3) is 3.72. The van der Waals surface area contributed by atoms with Crippen LogP contribution in [-0.4, -0.2) is 63.4 Å². The maximum absolute atomic E-state index is 12.3. The van der Waals surface area contributed by atoms with E-state index in [9.17, 15) is 18.3 Å². The quantitative estimate of drug-likeness (QED) is 0.410. The molecule has 2 aliphatic rings. The van der Waals surface area contributed by atoms with Crippen LogP contribution < -0.4 is 11.1 Å². The number of fused-ring (bicyclic) bond motifs is 2. The lowest BCUT2D eigenvalue weighted by Gasteiger charge is -2.27. The molecule has 2 saturated heterocycles. The molecule has 144 valence electrons. The van der Waals surface area contributed by atoms with E-state index < -0.39 is 34.6 Å². The lowest BCUT2D eigenvalue weighted by atomic mass is 10.0. The Morgan fingerprint density at radius 1 is 1.50 bits per heavy atom. The molecular formula is C12H18N6O7S. The van der Waals surface area contributed by atoms with Gasteiger partial charge in [-0.15, -0.1) is 14.5 Å². The fraction of sp³-hybridized carbons (Fsp3) is 0.583. The number of hydroxylamine groups is 2. The topological polar surface area (TPSA) is 184 Å². The van der Waals surface area contributed by atoms with Crippen molar-refractivity contribution in [1.29, 1.82) is 0 Å². The molecule has 3 atom stereocenters. The van der Waals surface area contributed by atoms with Gasteiger partial charge in [0.15, 0.2) is 0 Å². The molecule has 1 aromatic heterocycles. The minimum atomic E-state index is -4.81. The first-order valence-corrected chi connectivity index (χ1v) is 8.98. The highest BCUT2D eigenvalue weighted by Crippen LogP contribution is 2.38. The average Bonchev–Trinajstić information content (AvgIpc) is 3.12. The van der Waals surface area contributed by atoms with Crippen molar-refractivity contribution in [3.63, 3.8) is 0 Å². The molecule has 1 aromatic rings. The van der Waals surface area contributed by atoms with Crippen molar-refractivity contribution in [3.8, 4) is 0 Å². The van der Waals surface area contributed by atoms with Gasteiger partial charge in [0.2, 0.25) is 11.8 Å². The van der Waals surface area contributed by atoms with Gasteiger partial charge in [-0.25, -0.2) is 4.79 Å². The number of piperidine rings is 1. The van der Waals surface area contributed by atoms with Gasteiger partial charge in [-0.1, -0.05) is 6.58 Å². The van der Waals surface area contributed by atoms with Gasteiger partial charge in [-0.05, 0) is 12.8 Å². The molecule has 0 aliphatic carbocycles. The summed E-state index contributed by atoms with van der Waals surface area (Å²) in [6.45, 7) is 3.62. The number of nitrogens with one attached hydrogen (secondary N) is 1. The summed E-state index contributed by atoms with van der Waals surface area (Å²) in [7, 11) is -4.81. The average molecular weight is 390 g/mol. The third-order valence-electron chi connectivity index (χ3n) is 4.05. The largest absolute Gasteiger partial charge is 0.420 e. The SMILES string of the molecule is C=C(N)NC[C@@H](O)c1nnc([C@@H]2CC[C@@H]3CN2C(=O)N3OS(=O)(=O)O)o1. The predicted octanol–water partition coefficient (Wildman–Crippen LogP) is -1.20. The number of carbonyl (C=O) groups is 1. The summed E-state index contributed by atoms with van der Waals surface area (Å²) < 4.78 is 40.4. The Labute approximate surface area is 148 Å². The van der Waals surface area contributed by atoms with E-state index in [-0.39, 0.29) is 30.7 Å². The minimum Gasteiger partial charge on any atom is -0.420 e. The first kappa shape index (κ1) is 18.4. The van der Waals surface area contributed by atoms with Crippen molar-refractivity contribution < 1.29 is 31.6 Å². The highest BCUT2D eigenvalue weighted by molar-refractivity contribution is 7.80. The minimum absolute atomic E-state index is 0.0162. The second-order valence-electron chi connectivity index (χ2n) is 5.91. The summed E-state index contributed by atoms with van der Waals surface area (Å²) in [5, 5.41) is 20.8. The second-order valence-corrected chi connectivity index (χ2v) is 6.91. The number of aliphatic hydroxyl groups is 1. The lowest BCUT2D eigenvalue weighted by molar-refractivity contribution is -0.0317. The van der Waals surface area contributed by atoms with Crippen LogP contribution in [0.2, 0.25) is 0 Å². The van der Waals surface area contributed by atoms with Crippen LogP contribution in [0, 0.1) is 0 Å². The van der Waals surface area contributed by atoms with E-state index in [4.69, 9.17) is 14.7 Å². The lowest BCUT2D eigenvalue weighted by Crippen LogP contribution is -2.35. The molecule has 13 nitrogen and oxygen atoms in total. The number of carbonyl (C=O) groups excluding carboxylic acids is 1. The third-order valence-corrected chi connectivity index (χ3v) is 4.40. The molecule has 3 rings (SSSR count). The van der Waals surface area contributed by atoms with Crippen molar-refractivity contribution in [3.05, 3.63) is 24.2 Å². The zero-order valence-electron chi connectivity index (χ0n) is 13.5. The number of hydrogen-bond donors (Lipinski definition) is 4. The summed E-state index contributed by atoms with van der Waals surface area (Å²) in [4.78, 5) is 13.7. The Morgan fingerprint density at radius 2 is 2.23 bits per heavy atom. The van der Waals surface area contributed by atoms with Crippen LogP contribution in [0.15, 0.2) is 16.8 Å². The molecule has 26 heavy (non-hydrogen) atoms. The Balaban J connectivity index is 1.72. The number of urea groups is 1. The number of aromatic nitrogens is 2. The van der Waals surface area contributed by atoms with E-state index in [1.165, 1.54) is 4.90 Å². The van der Waals surface area contributed by atoms with E-state index in [1.807, 2.05) is 0 Å². The highest BCUT2D eigenvalue weighted by atomic mass is 32.3. The Hall–Kier alpha value is -2.42. The molecule has 2 aliphatic heterocycles. The van der Waals surface area contributed by atoms with Gasteiger partial charge in [0.05, 0.1) is 18.4 Å². The van der Waals surface area contributed by atoms with Crippen LogP contribution >= 0.6 is 0 Å². The summed E-state index contributed by atoms with van der Waals surface area (Å²) in [5.41, 5.74) is 5.35. The van der Waals surface area contributed by atoms with Gasteiger partial charge < -0.3 is 25.5 Å². The van der Waals surface area contributed by atoms with Crippen LogP contribution in [0.25, 0.3) is 0 Å². The van der Waals surface area contributed by atoms with Gasteiger partial charge in [-0.3, -0.25) is 4.55 Å². The monoisotopic (exact) mass is 390 g/mol. The molecule has 0 unspecified atom stereocenters. The number of hydrogen-bond acceptors (Lipinski definition) is 10. The summed E-state index contributed by atoms with van der Waals surface area (Å²) in [5.74, 6) is 0.211. The van der Waals surface area contributed by atoms with E-state index in [2.05, 4.69) is 26.4 Å². The van der Waals surface area contributed by atoms with Crippen LogP contribution in [0.4, 0.5) is 4.79 Å². The molecule has 5 N–H and O–H groups in total. The predicted molar refractivity (Wildman–Crippen MR) is 82.9 cm³/mol. The Kier molecular flexibility index (Phi) is 4.74. The van der Waals surface area contributed by atoms with Crippen LogP contribution in [-0.2, 0) is 14.7 Å². The summed E-state index contributed by atoms with van der Waals surface area (Å²) >= 11 is 0. The zero-order valence-corrected chi connectivity index (χ0v) is 14.3. The van der Waals surface area contributed by atoms with E-state index in [1.54, 1.807) is 0 Å². The van der Waals surface area contributed by atoms with Gasteiger partial charge in [-0.2, -0.15) is 13.5 Å². The fourth-order valence-electron chi connectivity index (χ4n) is 2.92. The standard InChI is InChI=1S/C12H18N6O7S/c1-6(13)14-4-9(19)11-16-15-10(24-11)8-3-2-7-5-17(8)12(20)18(7)25-26(21,22)23/h7-9,14,19H,1-5,13H2,(H,21,22,23)/t7-,8+,9-/m1/s1. The molecule has 3 heterocycles. The highest BCUT2D eigenvalue weighted by Gasteiger charge is 2.49. The van der Waals surface area contributed by atoms with E-state index in [0.717, 1.165) is 0 Å². The second kappa shape index (κ2) is 6.71. The van der Waals surface area contributed by atoms with Gasteiger partial charge >= 0.3 is 16.4 Å². The molecule has 0 spiro atoms. The molecule has 2 amide bonds. The Bertz CT molecular complexity index is 811. The van der Waals surface area contributed by atoms with Crippen molar-refractivity contribution in [2.24, 2.45) is 5.73 Å². The maximum atomic E-state index is 12.3. The van der Waals surface area contributed by atoms with Gasteiger partial charge in [0.25, 0.3) is 0 Å². The number of aliphatic hydroxyl groups excluding tert-OH is 1. The molecule has 2 fully saturated rings. The molecule has 0 aromatic carbocycles. The van der Waals surface area contributed by atoms with Crippen molar-refractivity contribution >= 4 is 16.4 Å². The first-order valence-electron chi connectivity index (χ1n) is 7.62. The van der Waals surface area contributed by atoms with Crippen LogP contribution in [0.3, 0.4) is 0 Å². The number of rotatable bonds is 7. The summed E-state index contributed by atoms with van der Waals surface area (Å²) in [6.07, 6.45) is -0.310. The molecule has 0 saturated carbocycles. The molecule has 2 bridgehead atoms. The number of nitrogens with two attached hydrogens (primary N) is 1. The summed E-state index contributed by atoms with van der Waals surface area (Å²) in [6, 6.07) is -1.86. The molecule has 0 radical (unpaired) electrons. The van der Waals surface area contributed by atoms with Crippen molar-refractivity contribution in [2.45, 2.75) is 31.0 Å². The fourth-order valence-corrected chi connectivity index (χ4v) is 3.31. The van der Waals surface area contributed by atoms with E-state index in [0.29, 0.717) is 17.9 Å². The first-order chi connectivity index (χ1) is 12.2. The van der Waals surface area contributed by atoms with Gasteiger partial charge in [0, 0.05) is 6.54 Å². The number of amides is 2.